The Bertz CT molecular complexity index is 482. The largest absolute Gasteiger partial charge is 0.346 e. The topological polar surface area (TPSA) is 86.8 Å². The van der Waals surface area contributed by atoms with E-state index in [1.54, 1.807) is 0 Å². The molecule has 0 aromatic rings. The second-order valence-electron chi connectivity index (χ2n) is 7.03. The van der Waals surface area contributed by atoms with E-state index in [1.807, 2.05) is 14.0 Å². The molecule has 0 fully saturated rings. The number of nitrogens with two attached hydrogens (primary N) is 1. The molecule has 4 atom stereocenters. The van der Waals surface area contributed by atoms with Crippen LogP contribution in [0.1, 0.15) is 53.9 Å². The van der Waals surface area contributed by atoms with E-state index in [4.69, 9.17) is 5.73 Å². The molecule has 0 amide bonds. The fourth-order valence-corrected chi connectivity index (χ4v) is 2.81. The van der Waals surface area contributed by atoms with Crippen LogP contribution >= 0.6 is 0 Å². The van der Waals surface area contributed by atoms with Crippen LogP contribution in [0, 0.1) is 5.92 Å². The molecule has 0 aliphatic carbocycles. The number of nitrogens with zero attached hydrogens (tertiary/aromatic N) is 2. The van der Waals surface area contributed by atoms with E-state index in [9.17, 15) is 0 Å². The van der Waals surface area contributed by atoms with Gasteiger partial charge in [0.15, 0.2) is 0 Å². The van der Waals surface area contributed by atoms with E-state index < -0.39 is 0 Å². The van der Waals surface area contributed by atoms with Crippen LogP contribution in [0.25, 0.3) is 0 Å². The first-order valence-corrected chi connectivity index (χ1v) is 9.64. The van der Waals surface area contributed by atoms with E-state index in [-0.39, 0.29) is 6.04 Å². The van der Waals surface area contributed by atoms with Crippen molar-refractivity contribution in [3.05, 3.63) is 11.8 Å². The first-order valence-electron chi connectivity index (χ1n) is 9.64. The fraction of sp³-hybridized carbons (Fsp3) is 0.789. The van der Waals surface area contributed by atoms with Crippen LogP contribution in [0.15, 0.2) is 21.8 Å². The maximum Gasteiger partial charge on any atom is 0.127 e. The monoisotopic (exact) mass is 350 g/mol. The van der Waals surface area contributed by atoms with E-state index in [2.05, 4.69) is 59.7 Å². The van der Waals surface area contributed by atoms with Crippen LogP contribution in [0.5, 0.6) is 0 Å². The molecule has 1 rings (SSSR count). The number of rotatable bonds is 10. The molecular formula is C19H38N6. The molecule has 4 unspecified atom stereocenters. The first-order chi connectivity index (χ1) is 11.9. The van der Waals surface area contributed by atoms with E-state index >= 15 is 0 Å². The van der Waals surface area contributed by atoms with Gasteiger partial charge in [0.2, 0.25) is 0 Å². The summed E-state index contributed by atoms with van der Waals surface area (Å²) in [5, 5.41) is 10.5. The van der Waals surface area contributed by atoms with Crippen molar-refractivity contribution in [2.75, 3.05) is 20.1 Å². The normalized spacial score (nSPS) is 22.0. The minimum absolute atomic E-state index is 0.147. The quantitative estimate of drug-likeness (QED) is 0.485. The van der Waals surface area contributed by atoms with Crippen molar-refractivity contribution in [1.82, 2.24) is 16.0 Å². The molecule has 0 aromatic heterocycles. The summed E-state index contributed by atoms with van der Waals surface area (Å²) in [7, 11) is 2.03. The smallest absolute Gasteiger partial charge is 0.127 e. The summed E-state index contributed by atoms with van der Waals surface area (Å²) in [4.78, 5) is 8.78. The molecule has 0 aromatic carbocycles. The van der Waals surface area contributed by atoms with Crippen molar-refractivity contribution in [3.8, 4) is 0 Å². The molecule has 0 radical (unpaired) electrons. The molecule has 5 N–H and O–H groups in total. The SMILES string of the molecule is CCC/C(=C\C(C)C(CNC(C)CC)NC)NC1=NC(C)=NCC1N. The number of hydrogen-bond donors (Lipinski definition) is 4. The molecule has 1 heterocycles. The molecule has 25 heavy (non-hydrogen) atoms. The average Bonchev–Trinajstić information content (AvgIpc) is 2.58. The summed E-state index contributed by atoms with van der Waals surface area (Å²) >= 11 is 0. The summed E-state index contributed by atoms with van der Waals surface area (Å²) in [6.45, 7) is 12.3. The van der Waals surface area contributed by atoms with E-state index in [0.717, 1.165) is 37.5 Å². The Balaban J connectivity index is 2.79. The van der Waals surface area contributed by atoms with Crippen LogP contribution in [-0.4, -0.2) is 49.9 Å². The first kappa shape index (κ1) is 21.8. The maximum absolute atomic E-state index is 6.15. The Morgan fingerprint density at radius 2 is 2.08 bits per heavy atom. The highest BCUT2D eigenvalue weighted by Gasteiger charge is 2.18. The number of likely N-dealkylation sites (N-methyl/N-ethyl adjacent to an activating group) is 1. The second-order valence-corrected chi connectivity index (χ2v) is 7.03. The third-order valence-corrected chi connectivity index (χ3v) is 4.73. The molecular weight excluding hydrogens is 312 g/mol. The fourth-order valence-electron chi connectivity index (χ4n) is 2.81. The van der Waals surface area contributed by atoms with Gasteiger partial charge in [0.25, 0.3) is 0 Å². The van der Waals surface area contributed by atoms with Gasteiger partial charge in [-0.25, -0.2) is 4.99 Å². The van der Waals surface area contributed by atoms with Gasteiger partial charge >= 0.3 is 0 Å². The zero-order valence-electron chi connectivity index (χ0n) is 16.9. The molecule has 6 heteroatoms. The predicted octanol–water partition coefficient (Wildman–Crippen LogP) is 2.03. The minimum atomic E-state index is -0.147. The highest BCUT2D eigenvalue weighted by atomic mass is 15.1. The molecule has 0 saturated carbocycles. The van der Waals surface area contributed by atoms with Crippen LogP contribution in [0.3, 0.4) is 0 Å². The third-order valence-electron chi connectivity index (χ3n) is 4.73. The summed E-state index contributed by atoms with van der Waals surface area (Å²) in [5.74, 6) is 2.02. The summed E-state index contributed by atoms with van der Waals surface area (Å²) in [6.07, 6.45) is 5.53. The zero-order valence-corrected chi connectivity index (χ0v) is 16.9. The Kier molecular flexibility index (Phi) is 9.93. The Morgan fingerprint density at radius 3 is 2.68 bits per heavy atom. The lowest BCUT2D eigenvalue weighted by molar-refractivity contribution is 0.401. The van der Waals surface area contributed by atoms with Gasteiger partial charge in [0.1, 0.15) is 11.7 Å². The maximum atomic E-state index is 6.15. The van der Waals surface area contributed by atoms with E-state index in [1.165, 1.54) is 5.70 Å². The van der Waals surface area contributed by atoms with Crippen molar-refractivity contribution in [2.24, 2.45) is 21.6 Å². The number of hydrogen-bond acceptors (Lipinski definition) is 6. The van der Waals surface area contributed by atoms with Gasteiger partial charge in [-0.1, -0.05) is 33.3 Å². The predicted molar refractivity (Wildman–Crippen MR) is 109 cm³/mol. The van der Waals surface area contributed by atoms with Gasteiger partial charge < -0.3 is 21.7 Å². The molecule has 1 aliphatic heterocycles. The highest BCUT2D eigenvalue weighted by molar-refractivity contribution is 6.01. The third kappa shape index (κ3) is 7.67. The number of allylic oxidation sites excluding steroid dienone is 1. The van der Waals surface area contributed by atoms with Crippen molar-refractivity contribution in [2.45, 2.75) is 72.0 Å². The average molecular weight is 351 g/mol. The number of amidine groups is 2. The van der Waals surface area contributed by atoms with Gasteiger partial charge in [-0.05, 0) is 39.7 Å². The molecule has 6 nitrogen and oxygen atoms in total. The molecule has 0 saturated heterocycles. The number of aliphatic imine (C=N–C) groups is 2. The van der Waals surface area contributed by atoms with Crippen molar-refractivity contribution >= 4 is 11.7 Å². The lowest BCUT2D eigenvalue weighted by Crippen LogP contribution is -2.45. The number of nitrogens with one attached hydrogen (secondary N) is 3. The van der Waals surface area contributed by atoms with E-state index in [0.29, 0.717) is 24.5 Å². The van der Waals surface area contributed by atoms with Crippen molar-refractivity contribution in [1.29, 1.82) is 0 Å². The van der Waals surface area contributed by atoms with Gasteiger partial charge in [-0.15, -0.1) is 0 Å². The lowest BCUT2D eigenvalue weighted by atomic mass is 9.99. The minimum Gasteiger partial charge on any atom is -0.346 e. The Labute approximate surface area is 153 Å². The zero-order chi connectivity index (χ0) is 18.8. The van der Waals surface area contributed by atoms with Crippen LogP contribution < -0.4 is 21.7 Å². The van der Waals surface area contributed by atoms with Crippen molar-refractivity contribution in [3.63, 3.8) is 0 Å². The molecule has 1 aliphatic rings. The van der Waals surface area contributed by atoms with Crippen LogP contribution in [-0.2, 0) is 0 Å². The highest BCUT2D eigenvalue weighted by Crippen LogP contribution is 2.12. The molecule has 0 spiro atoms. The van der Waals surface area contributed by atoms with Gasteiger partial charge in [0.05, 0.1) is 12.6 Å². The van der Waals surface area contributed by atoms with Crippen molar-refractivity contribution < 1.29 is 0 Å². The van der Waals surface area contributed by atoms with Gasteiger partial charge in [-0.2, -0.15) is 0 Å². The lowest BCUT2D eigenvalue weighted by Gasteiger charge is -2.26. The molecule has 0 bridgehead atoms. The Morgan fingerprint density at radius 1 is 1.36 bits per heavy atom. The summed E-state index contributed by atoms with van der Waals surface area (Å²) in [5.41, 5.74) is 7.35. The van der Waals surface area contributed by atoms with Crippen LogP contribution in [0.2, 0.25) is 0 Å². The standard InChI is InChI=1S/C19H38N6/c1-7-9-16(25-19-17(20)11-23-15(5)24-19)10-13(3)18(21-6)12-22-14(4)8-2/h10,13-14,17-18,21-22H,7-9,11-12,20H2,1-6H3,(H,23,24,25)/b16-10+. The van der Waals surface area contributed by atoms with Crippen LogP contribution in [0.4, 0.5) is 0 Å². The summed E-state index contributed by atoms with van der Waals surface area (Å²) < 4.78 is 0. The van der Waals surface area contributed by atoms with Gasteiger partial charge in [-0.3, -0.25) is 4.99 Å². The van der Waals surface area contributed by atoms with Gasteiger partial charge in [0, 0.05) is 24.3 Å². The Hall–Kier alpha value is -1.24. The molecule has 144 valence electrons. The summed E-state index contributed by atoms with van der Waals surface area (Å²) in [6, 6.07) is 0.775. The second kappa shape index (κ2) is 11.4.